The number of rotatable bonds is 2. The number of hydrogen-bond donors (Lipinski definition) is 1. The van der Waals surface area contributed by atoms with Gasteiger partial charge in [0, 0.05) is 20.0 Å². The van der Waals surface area contributed by atoms with Gasteiger partial charge in [0.05, 0.1) is 6.10 Å². The van der Waals surface area contributed by atoms with Crippen LogP contribution in [0.2, 0.25) is 0 Å². The Bertz CT molecular complexity index is 440. The average molecular weight is 233 g/mol. The van der Waals surface area contributed by atoms with Crippen LogP contribution in [0, 0.1) is 5.92 Å². The first-order valence-electron chi connectivity index (χ1n) is 6.04. The Labute approximate surface area is 102 Å². The van der Waals surface area contributed by atoms with Gasteiger partial charge in [-0.25, -0.2) is 0 Å². The summed E-state index contributed by atoms with van der Waals surface area (Å²) in [5.74, 6) is 0.311. The van der Waals surface area contributed by atoms with Gasteiger partial charge >= 0.3 is 0 Å². The van der Waals surface area contributed by atoms with E-state index < -0.39 is 6.10 Å². The summed E-state index contributed by atoms with van der Waals surface area (Å²) in [4.78, 5) is 13.1. The number of hydrogen-bond acceptors (Lipinski definition) is 2. The van der Waals surface area contributed by atoms with Crippen molar-refractivity contribution in [2.75, 3.05) is 0 Å². The third-order valence-corrected chi connectivity index (χ3v) is 3.37. The molecule has 92 valence electrons. The van der Waals surface area contributed by atoms with E-state index in [9.17, 15) is 9.90 Å². The molecular weight excluding hydrogens is 214 g/mol. The van der Waals surface area contributed by atoms with Gasteiger partial charge in [-0.15, -0.1) is 0 Å². The highest BCUT2D eigenvalue weighted by atomic mass is 16.3. The van der Waals surface area contributed by atoms with Crippen molar-refractivity contribution in [2.24, 2.45) is 5.92 Å². The highest BCUT2D eigenvalue weighted by molar-refractivity contribution is 5.74. The van der Waals surface area contributed by atoms with E-state index in [-0.39, 0.29) is 11.8 Å². The third kappa shape index (κ3) is 2.34. The molecule has 3 nitrogen and oxygen atoms in total. The van der Waals surface area contributed by atoms with Gasteiger partial charge in [0.15, 0.2) is 0 Å². The summed E-state index contributed by atoms with van der Waals surface area (Å²) in [6.07, 6.45) is -0.424. The zero-order valence-electron chi connectivity index (χ0n) is 10.6. The van der Waals surface area contributed by atoms with Gasteiger partial charge in [-0.05, 0) is 22.6 Å². The fraction of sp³-hybridized carbons (Fsp3) is 0.500. The van der Waals surface area contributed by atoms with Crippen LogP contribution >= 0.6 is 0 Å². The summed E-state index contributed by atoms with van der Waals surface area (Å²) < 4.78 is 0. The molecule has 1 atom stereocenters. The topological polar surface area (TPSA) is 40.5 Å². The largest absolute Gasteiger partial charge is 0.388 e. The molecule has 0 fully saturated rings. The van der Waals surface area contributed by atoms with E-state index in [1.807, 2.05) is 36.9 Å². The second kappa shape index (κ2) is 4.49. The maximum absolute atomic E-state index is 11.3. The molecule has 1 aliphatic heterocycles. The molecule has 2 rings (SSSR count). The molecule has 0 spiro atoms. The van der Waals surface area contributed by atoms with E-state index in [4.69, 9.17) is 0 Å². The lowest BCUT2D eigenvalue weighted by atomic mass is 9.96. The SMILES string of the molecule is CC(=O)N1Cc2ccc(C(O)C(C)C)cc2C1. The molecule has 1 aromatic carbocycles. The number of carbonyl (C=O) groups is 1. The van der Waals surface area contributed by atoms with Crippen molar-refractivity contribution in [2.45, 2.75) is 40.0 Å². The summed E-state index contributed by atoms with van der Waals surface area (Å²) in [5.41, 5.74) is 3.31. The molecule has 0 radical (unpaired) electrons. The molecule has 1 aliphatic rings. The molecule has 1 amide bonds. The van der Waals surface area contributed by atoms with Crippen LogP contribution in [0.25, 0.3) is 0 Å². The monoisotopic (exact) mass is 233 g/mol. The zero-order chi connectivity index (χ0) is 12.6. The molecule has 0 aromatic heterocycles. The van der Waals surface area contributed by atoms with Crippen molar-refractivity contribution in [3.05, 3.63) is 34.9 Å². The summed E-state index contributed by atoms with van der Waals surface area (Å²) in [7, 11) is 0. The number of amides is 1. The van der Waals surface area contributed by atoms with Crippen molar-refractivity contribution in [3.63, 3.8) is 0 Å². The predicted octanol–water partition coefficient (Wildman–Crippen LogP) is 2.24. The molecule has 1 N–H and O–H groups in total. The number of carbonyl (C=O) groups excluding carboxylic acids is 1. The Kier molecular flexibility index (Phi) is 3.20. The molecular formula is C14H19NO2. The van der Waals surface area contributed by atoms with Crippen LogP contribution in [0.5, 0.6) is 0 Å². The van der Waals surface area contributed by atoms with E-state index in [2.05, 4.69) is 0 Å². The lowest BCUT2D eigenvalue weighted by molar-refractivity contribution is -0.129. The highest BCUT2D eigenvalue weighted by Gasteiger charge is 2.22. The van der Waals surface area contributed by atoms with Crippen LogP contribution < -0.4 is 0 Å². The molecule has 0 saturated carbocycles. The Morgan fingerprint density at radius 2 is 1.94 bits per heavy atom. The molecule has 1 heterocycles. The maximum atomic E-state index is 11.3. The molecule has 1 aromatic rings. The van der Waals surface area contributed by atoms with E-state index in [1.165, 1.54) is 5.56 Å². The third-order valence-electron chi connectivity index (χ3n) is 3.37. The lowest BCUT2D eigenvalue weighted by Crippen LogP contribution is -2.21. The van der Waals surface area contributed by atoms with Crippen molar-refractivity contribution in [1.29, 1.82) is 0 Å². The minimum atomic E-state index is -0.424. The first kappa shape index (κ1) is 12.1. The Morgan fingerprint density at radius 3 is 2.53 bits per heavy atom. The number of aliphatic hydroxyl groups is 1. The molecule has 0 bridgehead atoms. The molecule has 1 unspecified atom stereocenters. The van der Waals surface area contributed by atoms with Gasteiger partial charge in [-0.2, -0.15) is 0 Å². The Morgan fingerprint density at radius 1 is 1.29 bits per heavy atom. The standard InChI is InChI=1S/C14H19NO2/c1-9(2)14(17)11-4-5-12-7-15(10(3)16)8-13(12)6-11/h4-6,9,14,17H,7-8H2,1-3H3. The average Bonchev–Trinajstić information content (AvgIpc) is 2.70. The minimum Gasteiger partial charge on any atom is -0.388 e. The molecule has 3 heteroatoms. The first-order valence-corrected chi connectivity index (χ1v) is 6.04. The Balaban J connectivity index is 2.24. The predicted molar refractivity (Wildman–Crippen MR) is 66.2 cm³/mol. The quantitative estimate of drug-likeness (QED) is 0.851. The number of fused-ring (bicyclic) bond motifs is 1. The van der Waals surface area contributed by atoms with Gasteiger partial charge in [0.25, 0.3) is 0 Å². The molecule has 0 saturated heterocycles. The van der Waals surface area contributed by atoms with E-state index >= 15 is 0 Å². The summed E-state index contributed by atoms with van der Waals surface area (Å²) in [5, 5.41) is 10.0. The van der Waals surface area contributed by atoms with Crippen LogP contribution in [0.3, 0.4) is 0 Å². The maximum Gasteiger partial charge on any atom is 0.220 e. The van der Waals surface area contributed by atoms with Crippen LogP contribution in [0.15, 0.2) is 18.2 Å². The smallest absolute Gasteiger partial charge is 0.220 e. The summed E-state index contributed by atoms with van der Waals surface area (Å²) in [6.45, 7) is 6.96. The second-order valence-electron chi connectivity index (χ2n) is 5.09. The summed E-state index contributed by atoms with van der Waals surface area (Å²) in [6, 6.07) is 6.02. The van der Waals surface area contributed by atoms with Gasteiger partial charge in [0.2, 0.25) is 5.91 Å². The van der Waals surface area contributed by atoms with Crippen LogP contribution in [-0.4, -0.2) is 15.9 Å². The van der Waals surface area contributed by atoms with E-state index in [1.54, 1.807) is 6.92 Å². The number of nitrogens with zero attached hydrogens (tertiary/aromatic N) is 1. The molecule has 0 aliphatic carbocycles. The van der Waals surface area contributed by atoms with Crippen molar-refractivity contribution in [1.82, 2.24) is 4.90 Å². The van der Waals surface area contributed by atoms with Crippen LogP contribution in [0.4, 0.5) is 0 Å². The lowest BCUT2D eigenvalue weighted by Gasteiger charge is -2.15. The zero-order valence-corrected chi connectivity index (χ0v) is 10.6. The first-order chi connectivity index (χ1) is 7.99. The van der Waals surface area contributed by atoms with Crippen molar-refractivity contribution in [3.8, 4) is 0 Å². The number of aliphatic hydroxyl groups excluding tert-OH is 1. The van der Waals surface area contributed by atoms with Gasteiger partial charge in [0.1, 0.15) is 0 Å². The fourth-order valence-electron chi connectivity index (χ4n) is 2.21. The normalized spacial score (nSPS) is 16.2. The van der Waals surface area contributed by atoms with E-state index in [0.717, 1.165) is 11.1 Å². The van der Waals surface area contributed by atoms with Gasteiger partial charge < -0.3 is 10.0 Å². The van der Waals surface area contributed by atoms with Crippen molar-refractivity contribution < 1.29 is 9.90 Å². The van der Waals surface area contributed by atoms with Gasteiger partial charge in [-0.1, -0.05) is 32.0 Å². The number of benzene rings is 1. The Hall–Kier alpha value is -1.35. The molecule has 17 heavy (non-hydrogen) atoms. The van der Waals surface area contributed by atoms with Crippen molar-refractivity contribution >= 4 is 5.91 Å². The van der Waals surface area contributed by atoms with E-state index in [0.29, 0.717) is 13.1 Å². The highest BCUT2D eigenvalue weighted by Crippen LogP contribution is 2.28. The minimum absolute atomic E-state index is 0.104. The second-order valence-corrected chi connectivity index (χ2v) is 5.09. The summed E-state index contributed by atoms with van der Waals surface area (Å²) >= 11 is 0. The van der Waals surface area contributed by atoms with Crippen LogP contribution in [-0.2, 0) is 17.9 Å². The van der Waals surface area contributed by atoms with Gasteiger partial charge in [-0.3, -0.25) is 4.79 Å². The fourth-order valence-corrected chi connectivity index (χ4v) is 2.21. The van der Waals surface area contributed by atoms with Crippen LogP contribution in [0.1, 0.15) is 43.6 Å².